The van der Waals surface area contributed by atoms with E-state index in [9.17, 15) is 0 Å². The number of hydrogen-bond acceptors (Lipinski definition) is 4. The second-order valence-corrected chi connectivity index (χ2v) is 10.6. The molecule has 0 aromatic carbocycles. The number of rotatable bonds is 10. The molecule has 2 aliphatic carbocycles. The van der Waals surface area contributed by atoms with Gasteiger partial charge < -0.3 is 11.5 Å². The molecular weight excluding hydrogens is 412 g/mol. The Morgan fingerprint density at radius 1 is 0.613 bits per heavy atom. The summed E-state index contributed by atoms with van der Waals surface area (Å²) in [6, 6.07) is 1.04. The summed E-state index contributed by atoms with van der Waals surface area (Å²) in [6.07, 6.45) is 25.0. The molecule has 0 aromatic heterocycles. The zero-order chi connectivity index (χ0) is 23.5. The third-order valence-electron chi connectivity index (χ3n) is 6.71. The summed E-state index contributed by atoms with van der Waals surface area (Å²) in [5, 5.41) is 0. The normalized spacial score (nSPS) is 26.3. The van der Waals surface area contributed by atoms with Crippen LogP contribution in [0.5, 0.6) is 0 Å². The molecule has 0 aliphatic heterocycles. The Morgan fingerprint density at radius 3 is 1.16 bits per heavy atom. The Morgan fingerprint density at radius 2 is 0.903 bits per heavy atom. The zero-order valence-corrected chi connectivity index (χ0v) is 21.1. The molecular formula is C24H52N2O4S. The van der Waals surface area contributed by atoms with Crippen molar-refractivity contribution in [1.82, 2.24) is 0 Å². The molecule has 2 rings (SSSR count). The lowest BCUT2D eigenvalue weighted by Crippen LogP contribution is -2.26. The minimum atomic E-state index is -4.67. The minimum absolute atomic E-state index is 0.520. The van der Waals surface area contributed by atoms with Crippen LogP contribution < -0.4 is 11.5 Å². The molecule has 2 saturated carbocycles. The molecule has 0 radical (unpaired) electrons. The van der Waals surface area contributed by atoms with Crippen molar-refractivity contribution in [3.63, 3.8) is 0 Å². The van der Waals surface area contributed by atoms with E-state index in [0.29, 0.717) is 12.1 Å². The quantitative estimate of drug-likeness (QED) is 0.222. The molecule has 0 amide bonds. The van der Waals surface area contributed by atoms with Gasteiger partial charge in [-0.2, -0.15) is 8.42 Å². The van der Waals surface area contributed by atoms with E-state index in [1.54, 1.807) is 0 Å². The van der Waals surface area contributed by atoms with E-state index < -0.39 is 10.4 Å². The van der Waals surface area contributed by atoms with Crippen LogP contribution in [-0.2, 0) is 10.4 Å². The third-order valence-corrected chi connectivity index (χ3v) is 6.71. The van der Waals surface area contributed by atoms with Gasteiger partial charge in [0.25, 0.3) is 0 Å². The Kier molecular flexibility index (Phi) is 19.1. The lowest BCUT2D eigenvalue weighted by atomic mass is 9.83. The summed E-state index contributed by atoms with van der Waals surface area (Å²) in [5.74, 6) is 2.02. The molecule has 188 valence electrons. The second kappa shape index (κ2) is 19.3. The van der Waals surface area contributed by atoms with Crippen molar-refractivity contribution >= 4 is 10.4 Å². The van der Waals surface area contributed by atoms with E-state index in [4.69, 9.17) is 29.0 Å². The maximum atomic E-state index is 8.74. The molecule has 31 heavy (non-hydrogen) atoms. The van der Waals surface area contributed by atoms with Gasteiger partial charge in [0.15, 0.2) is 0 Å². The molecule has 0 aromatic rings. The fourth-order valence-electron chi connectivity index (χ4n) is 4.67. The maximum absolute atomic E-state index is 8.74. The highest BCUT2D eigenvalue weighted by Gasteiger charge is 2.18. The van der Waals surface area contributed by atoms with Crippen LogP contribution >= 0.6 is 0 Å². The van der Waals surface area contributed by atoms with Crippen molar-refractivity contribution in [3.8, 4) is 0 Å². The van der Waals surface area contributed by atoms with Gasteiger partial charge in [-0.3, -0.25) is 9.11 Å². The predicted octanol–water partition coefficient (Wildman–Crippen LogP) is 6.30. The molecule has 0 spiro atoms. The largest absolute Gasteiger partial charge is 0.394 e. The first-order chi connectivity index (χ1) is 14.7. The van der Waals surface area contributed by atoms with Crippen molar-refractivity contribution in [1.29, 1.82) is 0 Å². The Labute approximate surface area is 192 Å². The molecule has 0 unspecified atom stereocenters. The van der Waals surface area contributed by atoms with E-state index >= 15 is 0 Å². The van der Waals surface area contributed by atoms with Crippen molar-refractivity contribution in [3.05, 3.63) is 0 Å². The first kappa shape index (κ1) is 30.8. The molecule has 2 aliphatic rings. The van der Waals surface area contributed by atoms with Crippen LogP contribution in [0.2, 0.25) is 0 Å². The zero-order valence-electron chi connectivity index (χ0n) is 20.3. The van der Waals surface area contributed by atoms with Gasteiger partial charge in [0.1, 0.15) is 0 Å². The minimum Gasteiger partial charge on any atom is -0.328 e. The number of unbranched alkanes of at least 4 members (excludes halogenated alkanes) is 6. The summed E-state index contributed by atoms with van der Waals surface area (Å²) in [5.41, 5.74) is 11.7. The van der Waals surface area contributed by atoms with E-state index in [1.165, 1.54) is 116 Å². The topological polar surface area (TPSA) is 127 Å². The summed E-state index contributed by atoms with van der Waals surface area (Å²) in [6.45, 7) is 4.55. The van der Waals surface area contributed by atoms with Crippen LogP contribution in [0.15, 0.2) is 0 Å². The predicted molar refractivity (Wildman–Crippen MR) is 132 cm³/mol. The summed E-state index contributed by atoms with van der Waals surface area (Å²) >= 11 is 0. The molecule has 6 N–H and O–H groups in total. The van der Waals surface area contributed by atoms with Crippen LogP contribution in [0.1, 0.15) is 129 Å². The summed E-state index contributed by atoms with van der Waals surface area (Å²) in [4.78, 5) is 0. The lowest BCUT2D eigenvalue weighted by molar-refractivity contribution is 0.302. The highest BCUT2D eigenvalue weighted by molar-refractivity contribution is 7.79. The van der Waals surface area contributed by atoms with Gasteiger partial charge in [-0.1, -0.05) is 78.1 Å². The van der Waals surface area contributed by atoms with Crippen molar-refractivity contribution in [2.24, 2.45) is 23.3 Å². The SMILES string of the molecule is CCCCCCC1CCC(N)CC1.CCCCCCC1CCC(N)CC1.O=S(=O)(O)O. The molecule has 2 fully saturated rings. The van der Waals surface area contributed by atoms with Gasteiger partial charge in [-0.05, 0) is 63.2 Å². The lowest BCUT2D eigenvalue weighted by Gasteiger charge is -2.25. The maximum Gasteiger partial charge on any atom is 0.394 e. The highest BCUT2D eigenvalue weighted by Crippen LogP contribution is 2.28. The Bertz CT molecular complexity index is 448. The highest BCUT2D eigenvalue weighted by atomic mass is 32.3. The van der Waals surface area contributed by atoms with E-state index in [0.717, 1.165) is 11.8 Å². The number of nitrogens with two attached hydrogens (primary N) is 2. The molecule has 0 saturated heterocycles. The Balaban J connectivity index is 0.000000479. The van der Waals surface area contributed by atoms with E-state index in [2.05, 4.69) is 13.8 Å². The van der Waals surface area contributed by atoms with Gasteiger partial charge in [0.2, 0.25) is 0 Å². The Hall–Kier alpha value is -0.210. The van der Waals surface area contributed by atoms with E-state index in [-0.39, 0.29) is 0 Å². The first-order valence-electron chi connectivity index (χ1n) is 12.9. The average Bonchev–Trinajstić information content (AvgIpc) is 2.71. The second-order valence-electron chi connectivity index (χ2n) is 9.71. The van der Waals surface area contributed by atoms with Gasteiger partial charge in [0.05, 0.1) is 0 Å². The summed E-state index contributed by atoms with van der Waals surface area (Å²) < 4.78 is 31.6. The van der Waals surface area contributed by atoms with Crippen LogP contribution in [0.3, 0.4) is 0 Å². The average molecular weight is 465 g/mol. The molecule has 6 nitrogen and oxygen atoms in total. The van der Waals surface area contributed by atoms with E-state index in [1.807, 2.05) is 0 Å². The van der Waals surface area contributed by atoms with Crippen LogP contribution in [0.4, 0.5) is 0 Å². The molecule has 0 atom stereocenters. The molecule has 0 heterocycles. The van der Waals surface area contributed by atoms with Crippen molar-refractivity contribution < 1.29 is 17.5 Å². The molecule has 7 heteroatoms. The van der Waals surface area contributed by atoms with Crippen molar-refractivity contribution in [2.45, 2.75) is 142 Å². The van der Waals surface area contributed by atoms with Crippen LogP contribution in [0, 0.1) is 11.8 Å². The monoisotopic (exact) mass is 464 g/mol. The first-order valence-corrected chi connectivity index (χ1v) is 14.3. The van der Waals surface area contributed by atoms with Gasteiger partial charge in [-0.15, -0.1) is 0 Å². The molecule has 0 bridgehead atoms. The fourth-order valence-corrected chi connectivity index (χ4v) is 4.67. The van der Waals surface area contributed by atoms with Crippen LogP contribution in [0.25, 0.3) is 0 Å². The summed E-state index contributed by atoms with van der Waals surface area (Å²) in [7, 11) is -4.67. The van der Waals surface area contributed by atoms with Gasteiger partial charge >= 0.3 is 10.4 Å². The van der Waals surface area contributed by atoms with Crippen LogP contribution in [-0.4, -0.2) is 29.6 Å². The standard InChI is InChI=1S/2C12H25N.H2O4S/c2*1-2-3-4-5-6-11-7-9-12(13)10-8-11;1-5(2,3)4/h2*11-12H,2-10,13H2,1H3;(H2,1,2,3,4). The fraction of sp³-hybridized carbons (Fsp3) is 1.00. The van der Waals surface area contributed by atoms with Gasteiger partial charge in [0, 0.05) is 12.1 Å². The van der Waals surface area contributed by atoms with Gasteiger partial charge in [-0.25, -0.2) is 0 Å². The van der Waals surface area contributed by atoms with Crippen molar-refractivity contribution in [2.75, 3.05) is 0 Å². The third kappa shape index (κ3) is 22.8. The smallest absolute Gasteiger partial charge is 0.328 e. The number of hydrogen-bond donors (Lipinski definition) is 4.